The van der Waals surface area contributed by atoms with Crippen molar-refractivity contribution >= 4 is 11.9 Å². The van der Waals surface area contributed by atoms with E-state index >= 15 is 0 Å². The molecule has 37 heavy (non-hydrogen) atoms. The van der Waals surface area contributed by atoms with E-state index in [1.54, 1.807) is 25.4 Å². The molecule has 3 aromatic rings. The maximum absolute atomic E-state index is 13.0. The van der Waals surface area contributed by atoms with Crippen LogP contribution < -0.4 is 9.79 Å². The Morgan fingerprint density at radius 2 is 1.70 bits per heavy atom. The first-order valence-corrected chi connectivity index (χ1v) is 11.9. The summed E-state index contributed by atoms with van der Waals surface area (Å²) in [4.78, 5) is 32.2. The van der Waals surface area contributed by atoms with Gasteiger partial charge in [0.05, 0.1) is 17.9 Å². The van der Waals surface area contributed by atoms with Crippen molar-refractivity contribution < 1.29 is 32.5 Å². The number of nitrogens with zero attached hydrogens (tertiary/aromatic N) is 3. The molecule has 0 aliphatic heterocycles. The summed E-state index contributed by atoms with van der Waals surface area (Å²) in [6, 6.07) is 10.2. The fourth-order valence-electron chi connectivity index (χ4n) is 4.03. The molecule has 0 aliphatic carbocycles. The maximum Gasteiger partial charge on any atom is 0.416 e. The van der Waals surface area contributed by atoms with Crippen molar-refractivity contribution in [3.63, 3.8) is 0 Å². The predicted octanol–water partition coefficient (Wildman–Crippen LogP) is 5.80. The van der Waals surface area contributed by atoms with Gasteiger partial charge in [-0.05, 0) is 48.2 Å². The Bertz CT molecular complexity index is 1200. The standard InChI is InChI=1S/C27H30F3N3O4/c1-5-22-20(9-12-25(23(22)6-2)37-36-18(3)34)17-33(15-16-35-4)26-31-14-13-24(32-26)19-7-10-21(11-8-19)27(28,29)30/h7-14H,5-6,15-17H2,1-4H3. The average Bonchev–Trinajstić information content (AvgIpc) is 2.89. The molecule has 0 aliphatic rings. The second kappa shape index (κ2) is 12.5. The van der Waals surface area contributed by atoms with Crippen LogP contribution in [-0.4, -0.2) is 36.2 Å². The molecule has 0 atom stereocenters. The van der Waals surface area contributed by atoms with E-state index in [0.29, 0.717) is 49.1 Å². The molecular formula is C27H30F3N3O4. The third-order valence-corrected chi connectivity index (χ3v) is 5.80. The summed E-state index contributed by atoms with van der Waals surface area (Å²) >= 11 is 0. The van der Waals surface area contributed by atoms with E-state index in [1.165, 1.54) is 19.1 Å². The number of carbonyl (C=O) groups is 1. The Hall–Kier alpha value is -3.66. The fraction of sp³-hybridized carbons (Fsp3) is 0.370. The number of benzene rings is 2. The van der Waals surface area contributed by atoms with E-state index in [0.717, 1.165) is 35.2 Å². The lowest BCUT2D eigenvalue weighted by molar-refractivity contribution is -0.211. The molecule has 10 heteroatoms. The van der Waals surface area contributed by atoms with Crippen LogP contribution in [0.4, 0.5) is 19.1 Å². The fourth-order valence-corrected chi connectivity index (χ4v) is 4.03. The zero-order valence-corrected chi connectivity index (χ0v) is 21.3. The van der Waals surface area contributed by atoms with E-state index in [-0.39, 0.29) is 0 Å². The molecule has 0 spiro atoms. The van der Waals surface area contributed by atoms with Gasteiger partial charge in [0, 0.05) is 44.4 Å². The van der Waals surface area contributed by atoms with Gasteiger partial charge in [0.2, 0.25) is 5.95 Å². The summed E-state index contributed by atoms with van der Waals surface area (Å²) in [6.07, 6.45) is -1.42. The highest BCUT2D eigenvalue weighted by molar-refractivity contribution is 5.65. The van der Waals surface area contributed by atoms with Gasteiger partial charge >= 0.3 is 12.1 Å². The lowest BCUT2D eigenvalue weighted by Crippen LogP contribution is -2.29. The normalized spacial score (nSPS) is 11.3. The number of hydrogen-bond acceptors (Lipinski definition) is 7. The number of methoxy groups -OCH3 is 1. The molecule has 0 fully saturated rings. The van der Waals surface area contributed by atoms with Gasteiger partial charge in [-0.15, -0.1) is 0 Å². The third-order valence-electron chi connectivity index (χ3n) is 5.80. The molecule has 3 rings (SSSR count). The number of halogens is 3. The summed E-state index contributed by atoms with van der Waals surface area (Å²) < 4.78 is 44.2. The lowest BCUT2D eigenvalue weighted by atomic mass is 9.95. The molecule has 7 nitrogen and oxygen atoms in total. The Morgan fingerprint density at radius 3 is 2.30 bits per heavy atom. The van der Waals surface area contributed by atoms with Crippen molar-refractivity contribution in [3.05, 3.63) is 70.9 Å². The molecule has 0 saturated carbocycles. The molecule has 0 unspecified atom stereocenters. The van der Waals surface area contributed by atoms with Crippen molar-refractivity contribution in [1.82, 2.24) is 9.97 Å². The third kappa shape index (κ3) is 7.19. The minimum absolute atomic E-state index is 0.420. The molecule has 1 aromatic heterocycles. The largest absolute Gasteiger partial charge is 0.416 e. The van der Waals surface area contributed by atoms with Crippen LogP contribution in [-0.2, 0) is 40.0 Å². The zero-order valence-electron chi connectivity index (χ0n) is 21.3. The van der Waals surface area contributed by atoms with Gasteiger partial charge in [-0.1, -0.05) is 32.0 Å². The number of ether oxygens (including phenoxy) is 1. The lowest BCUT2D eigenvalue weighted by Gasteiger charge is -2.25. The van der Waals surface area contributed by atoms with E-state index < -0.39 is 17.7 Å². The topological polar surface area (TPSA) is 73.8 Å². The molecule has 0 saturated heterocycles. The van der Waals surface area contributed by atoms with Crippen LogP contribution >= 0.6 is 0 Å². The molecule has 2 aromatic carbocycles. The van der Waals surface area contributed by atoms with Crippen LogP contribution in [0.3, 0.4) is 0 Å². The number of aromatic nitrogens is 2. The van der Waals surface area contributed by atoms with Crippen LogP contribution in [0.15, 0.2) is 48.7 Å². The predicted molar refractivity (Wildman–Crippen MR) is 133 cm³/mol. The second-order valence-corrected chi connectivity index (χ2v) is 8.28. The van der Waals surface area contributed by atoms with E-state index in [4.69, 9.17) is 14.5 Å². The average molecular weight is 518 g/mol. The Kier molecular flexibility index (Phi) is 9.46. The van der Waals surface area contributed by atoms with Crippen molar-refractivity contribution in [3.8, 4) is 17.0 Å². The van der Waals surface area contributed by atoms with Gasteiger partial charge < -0.3 is 9.64 Å². The first-order valence-electron chi connectivity index (χ1n) is 11.9. The zero-order chi connectivity index (χ0) is 27.0. The Labute approximate surface area is 214 Å². The minimum Gasteiger partial charge on any atom is -0.383 e. The van der Waals surface area contributed by atoms with Crippen LogP contribution in [0, 0.1) is 0 Å². The van der Waals surface area contributed by atoms with Gasteiger partial charge in [-0.3, -0.25) is 9.78 Å². The first-order chi connectivity index (χ1) is 17.7. The molecule has 1 heterocycles. The van der Waals surface area contributed by atoms with Crippen molar-refractivity contribution in [2.45, 2.75) is 46.3 Å². The quantitative estimate of drug-likeness (QED) is 0.235. The summed E-state index contributed by atoms with van der Waals surface area (Å²) in [5.41, 5.74) is 3.37. The van der Waals surface area contributed by atoms with Gasteiger partial charge in [0.15, 0.2) is 5.75 Å². The summed E-state index contributed by atoms with van der Waals surface area (Å²) in [5, 5.41) is 0. The number of hydrogen-bond donors (Lipinski definition) is 0. The highest BCUT2D eigenvalue weighted by Crippen LogP contribution is 2.32. The number of carbonyl (C=O) groups excluding carboxylic acids is 1. The van der Waals surface area contributed by atoms with E-state index in [1.807, 2.05) is 24.8 Å². The van der Waals surface area contributed by atoms with E-state index in [2.05, 4.69) is 9.97 Å². The Morgan fingerprint density at radius 1 is 1.00 bits per heavy atom. The van der Waals surface area contributed by atoms with Gasteiger partial charge in [-0.2, -0.15) is 13.2 Å². The van der Waals surface area contributed by atoms with Crippen LogP contribution in [0.5, 0.6) is 5.75 Å². The summed E-state index contributed by atoms with van der Waals surface area (Å²) in [5.74, 6) is 0.372. The number of rotatable bonds is 11. The highest BCUT2D eigenvalue weighted by atomic mass is 19.4. The van der Waals surface area contributed by atoms with Gasteiger partial charge in [-0.25, -0.2) is 14.8 Å². The summed E-state index contributed by atoms with van der Waals surface area (Å²) in [7, 11) is 1.60. The molecule has 198 valence electrons. The Balaban J connectivity index is 1.94. The van der Waals surface area contributed by atoms with Crippen LogP contribution in [0.25, 0.3) is 11.3 Å². The maximum atomic E-state index is 13.0. The van der Waals surface area contributed by atoms with Gasteiger partial charge in [0.25, 0.3) is 0 Å². The number of alkyl halides is 3. The molecule has 0 N–H and O–H groups in total. The summed E-state index contributed by atoms with van der Waals surface area (Å²) in [6.45, 7) is 6.68. The molecule has 0 amide bonds. The monoisotopic (exact) mass is 517 g/mol. The smallest absolute Gasteiger partial charge is 0.383 e. The molecule has 0 bridgehead atoms. The minimum atomic E-state index is -4.40. The first kappa shape index (κ1) is 27.9. The molecular weight excluding hydrogens is 487 g/mol. The molecule has 0 radical (unpaired) electrons. The van der Waals surface area contributed by atoms with Crippen molar-refractivity contribution in [2.75, 3.05) is 25.2 Å². The number of anilines is 1. The van der Waals surface area contributed by atoms with Gasteiger partial charge in [0.1, 0.15) is 0 Å². The van der Waals surface area contributed by atoms with Crippen molar-refractivity contribution in [2.24, 2.45) is 0 Å². The van der Waals surface area contributed by atoms with E-state index in [9.17, 15) is 18.0 Å². The SMILES string of the molecule is CCc1c(CN(CCOC)c2nccc(-c3ccc(C(F)(F)F)cc3)n2)ccc(OOC(C)=O)c1CC. The highest BCUT2D eigenvalue weighted by Gasteiger charge is 2.30. The van der Waals surface area contributed by atoms with Crippen molar-refractivity contribution in [1.29, 1.82) is 0 Å². The van der Waals surface area contributed by atoms with Crippen LogP contribution in [0.1, 0.15) is 43.0 Å². The second-order valence-electron chi connectivity index (χ2n) is 8.28. The van der Waals surface area contributed by atoms with Crippen LogP contribution in [0.2, 0.25) is 0 Å².